The van der Waals surface area contributed by atoms with Gasteiger partial charge < -0.3 is 14.8 Å². The lowest BCUT2D eigenvalue weighted by atomic mass is 10.1. The molecule has 31 heavy (non-hydrogen) atoms. The van der Waals surface area contributed by atoms with Crippen molar-refractivity contribution in [3.63, 3.8) is 0 Å². The van der Waals surface area contributed by atoms with E-state index in [0.29, 0.717) is 18.8 Å². The molecule has 1 fully saturated rings. The van der Waals surface area contributed by atoms with Gasteiger partial charge in [-0.25, -0.2) is 17.6 Å². The standard InChI is InChI=1S/C20H20ClFN2O6S/c1-13-2-4-15(31(27,28)24-6-8-29-9-7-24)11-16(13)20(26)30-12-19(25)23-14-3-5-18(22)17(21)10-14/h2-5,10-11H,6-9,12H2,1H3,(H,23,25). The van der Waals surface area contributed by atoms with Gasteiger partial charge in [-0.05, 0) is 42.8 Å². The molecule has 1 aliphatic rings. The summed E-state index contributed by atoms with van der Waals surface area (Å²) in [7, 11) is -3.79. The Kier molecular flexibility index (Phi) is 7.26. The van der Waals surface area contributed by atoms with Crippen LogP contribution in [0.15, 0.2) is 41.3 Å². The highest BCUT2D eigenvalue weighted by molar-refractivity contribution is 7.89. The van der Waals surface area contributed by atoms with Gasteiger partial charge in [0, 0.05) is 18.8 Å². The Morgan fingerprint density at radius 3 is 2.58 bits per heavy atom. The van der Waals surface area contributed by atoms with Gasteiger partial charge in [-0.2, -0.15) is 4.31 Å². The first-order chi connectivity index (χ1) is 14.7. The molecule has 0 spiro atoms. The number of nitrogens with zero attached hydrogens (tertiary/aromatic N) is 1. The van der Waals surface area contributed by atoms with Crippen LogP contribution in [0, 0.1) is 12.7 Å². The first-order valence-electron chi connectivity index (χ1n) is 9.29. The molecule has 2 aromatic carbocycles. The van der Waals surface area contributed by atoms with E-state index in [9.17, 15) is 22.4 Å². The molecule has 8 nitrogen and oxygen atoms in total. The highest BCUT2D eigenvalue weighted by Crippen LogP contribution is 2.22. The summed E-state index contributed by atoms with van der Waals surface area (Å²) in [5.74, 6) is -2.14. The van der Waals surface area contributed by atoms with Crippen molar-refractivity contribution in [3.8, 4) is 0 Å². The topological polar surface area (TPSA) is 102 Å². The smallest absolute Gasteiger partial charge is 0.338 e. The number of aryl methyl sites for hydroxylation is 1. The van der Waals surface area contributed by atoms with Crippen molar-refractivity contribution >= 4 is 39.2 Å². The summed E-state index contributed by atoms with van der Waals surface area (Å²) in [6.07, 6.45) is 0. The summed E-state index contributed by atoms with van der Waals surface area (Å²) in [6.45, 7) is 2.06. The van der Waals surface area contributed by atoms with Crippen LogP contribution in [0.1, 0.15) is 15.9 Å². The second-order valence-electron chi connectivity index (χ2n) is 6.75. The first kappa shape index (κ1) is 23.1. The average Bonchev–Trinajstić information content (AvgIpc) is 2.75. The summed E-state index contributed by atoms with van der Waals surface area (Å²) in [5.41, 5.74) is 0.769. The Morgan fingerprint density at radius 2 is 1.90 bits per heavy atom. The summed E-state index contributed by atoms with van der Waals surface area (Å²) in [5, 5.41) is 2.27. The molecule has 3 rings (SSSR count). The van der Waals surface area contributed by atoms with Crippen LogP contribution in [0.2, 0.25) is 5.02 Å². The molecule has 1 aliphatic heterocycles. The van der Waals surface area contributed by atoms with Gasteiger partial charge in [-0.1, -0.05) is 17.7 Å². The zero-order chi connectivity index (χ0) is 22.6. The fourth-order valence-electron chi connectivity index (χ4n) is 2.90. The maximum atomic E-state index is 13.2. The van der Waals surface area contributed by atoms with Crippen LogP contribution < -0.4 is 5.32 Å². The third-order valence-corrected chi connectivity index (χ3v) is 6.76. The summed E-state index contributed by atoms with van der Waals surface area (Å²) < 4.78 is 50.3. The normalized spacial score (nSPS) is 14.8. The fraction of sp³-hybridized carbons (Fsp3) is 0.300. The van der Waals surface area contributed by atoms with Crippen LogP contribution in [0.5, 0.6) is 0 Å². The lowest BCUT2D eigenvalue weighted by Crippen LogP contribution is -2.40. The van der Waals surface area contributed by atoms with Gasteiger partial charge in [-0.3, -0.25) is 4.79 Å². The maximum absolute atomic E-state index is 13.2. The van der Waals surface area contributed by atoms with Crippen molar-refractivity contribution in [2.75, 3.05) is 38.2 Å². The van der Waals surface area contributed by atoms with Gasteiger partial charge in [0.05, 0.1) is 28.7 Å². The predicted octanol–water partition coefficient (Wildman–Crippen LogP) is 2.60. The van der Waals surface area contributed by atoms with Crippen LogP contribution in [-0.2, 0) is 24.3 Å². The molecule has 0 bridgehead atoms. The number of rotatable bonds is 6. The SMILES string of the molecule is Cc1ccc(S(=O)(=O)N2CCOCC2)cc1C(=O)OCC(=O)Nc1ccc(F)c(Cl)c1. The number of sulfonamides is 1. The van der Waals surface area contributed by atoms with Crippen molar-refractivity contribution in [2.45, 2.75) is 11.8 Å². The maximum Gasteiger partial charge on any atom is 0.338 e. The van der Waals surface area contributed by atoms with E-state index in [1.54, 1.807) is 6.92 Å². The number of anilines is 1. The molecule has 0 atom stereocenters. The van der Waals surface area contributed by atoms with Crippen molar-refractivity contribution in [1.29, 1.82) is 0 Å². The quantitative estimate of drug-likeness (QED) is 0.651. The Hall–Kier alpha value is -2.53. The molecule has 0 unspecified atom stereocenters. The minimum absolute atomic E-state index is 0.0342. The van der Waals surface area contributed by atoms with Crippen molar-refractivity contribution in [3.05, 3.63) is 58.4 Å². The molecule has 1 amide bonds. The number of carbonyl (C=O) groups excluding carboxylic acids is 2. The highest BCUT2D eigenvalue weighted by Gasteiger charge is 2.27. The van der Waals surface area contributed by atoms with Crippen LogP contribution in [-0.4, -0.2) is 57.5 Å². The van der Waals surface area contributed by atoms with E-state index in [-0.39, 0.29) is 34.3 Å². The van der Waals surface area contributed by atoms with Crippen LogP contribution in [0.3, 0.4) is 0 Å². The monoisotopic (exact) mass is 470 g/mol. The predicted molar refractivity (Wildman–Crippen MR) is 111 cm³/mol. The van der Waals surface area contributed by atoms with E-state index >= 15 is 0 Å². The molecule has 1 N–H and O–H groups in total. The Bertz CT molecular complexity index is 1100. The molecule has 1 saturated heterocycles. The van der Waals surface area contributed by atoms with E-state index in [2.05, 4.69) is 5.32 Å². The second-order valence-corrected chi connectivity index (χ2v) is 9.09. The summed E-state index contributed by atoms with van der Waals surface area (Å²) in [4.78, 5) is 24.5. The molecular formula is C20H20ClFN2O6S. The molecular weight excluding hydrogens is 451 g/mol. The highest BCUT2D eigenvalue weighted by atomic mass is 35.5. The minimum atomic E-state index is -3.79. The Morgan fingerprint density at radius 1 is 1.19 bits per heavy atom. The molecule has 0 aliphatic carbocycles. The molecule has 2 aromatic rings. The number of hydrogen-bond acceptors (Lipinski definition) is 6. The fourth-order valence-corrected chi connectivity index (χ4v) is 4.51. The van der Waals surface area contributed by atoms with Gasteiger partial charge in [0.15, 0.2) is 6.61 Å². The zero-order valence-electron chi connectivity index (χ0n) is 16.6. The van der Waals surface area contributed by atoms with E-state index in [1.165, 1.54) is 34.6 Å². The van der Waals surface area contributed by atoms with Gasteiger partial charge in [0.25, 0.3) is 5.91 Å². The average molecular weight is 471 g/mol. The molecule has 0 radical (unpaired) electrons. The number of esters is 1. The number of carbonyl (C=O) groups is 2. The molecule has 166 valence electrons. The number of hydrogen-bond donors (Lipinski definition) is 1. The van der Waals surface area contributed by atoms with Crippen molar-refractivity contribution < 1.29 is 31.9 Å². The largest absolute Gasteiger partial charge is 0.452 e. The Labute approximate surface area is 183 Å². The lowest BCUT2D eigenvalue weighted by Gasteiger charge is -2.26. The number of amides is 1. The third kappa shape index (κ3) is 5.59. The number of nitrogens with one attached hydrogen (secondary N) is 1. The minimum Gasteiger partial charge on any atom is -0.452 e. The summed E-state index contributed by atoms with van der Waals surface area (Å²) >= 11 is 5.66. The first-order valence-corrected chi connectivity index (χ1v) is 11.1. The van der Waals surface area contributed by atoms with E-state index in [4.69, 9.17) is 21.1 Å². The third-order valence-electron chi connectivity index (χ3n) is 4.57. The van der Waals surface area contributed by atoms with Crippen LogP contribution in [0.25, 0.3) is 0 Å². The van der Waals surface area contributed by atoms with E-state index in [0.717, 1.165) is 6.07 Å². The number of ether oxygens (including phenoxy) is 2. The molecule has 0 aromatic heterocycles. The van der Waals surface area contributed by atoms with Gasteiger partial charge in [-0.15, -0.1) is 0 Å². The van der Waals surface area contributed by atoms with Crippen LogP contribution >= 0.6 is 11.6 Å². The second kappa shape index (κ2) is 9.73. The molecule has 0 saturated carbocycles. The van der Waals surface area contributed by atoms with E-state index in [1.807, 2.05) is 0 Å². The Balaban J connectivity index is 1.67. The van der Waals surface area contributed by atoms with Crippen molar-refractivity contribution in [2.24, 2.45) is 0 Å². The number of benzene rings is 2. The lowest BCUT2D eigenvalue weighted by molar-refractivity contribution is -0.119. The van der Waals surface area contributed by atoms with Gasteiger partial charge >= 0.3 is 5.97 Å². The van der Waals surface area contributed by atoms with E-state index < -0.39 is 34.3 Å². The molecule has 11 heteroatoms. The van der Waals surface area contributed by atoms with Gasteiger partial charge in [0.1, 0.15) is 5.82 Å². The number of morpholine rings is 1. The van der Waals surface area contributed by atoms with Crippen LogP contribution in [0.4, 0.5) is 10.1 Å². The zero-order valence-corrected chi connectivity index (χ0v) is 18.1. The summed E-state index contributed by atoms with van der Waals surface area (Å²) in [6, 6.07) is 7.78. The molecule has 1 heterocycles. The number of halogens is 2. The van der Waals surface area contributed by atoms with Gasteiger partial charge in [0.2, 0.25) is 10.0 Å². The van der Waals surface area contributed by atoms with Crippen molar-refractivity contribution in [1.82, 2.24) is 4.31 Å².